The number of hydrogen-bond donors (Lipinski definition) is 0. The van der Waals surface area contributed by atoms with Crippen LogP contribution in [0.1, 0.15) is 83.9 Å². The van der Waals surface area contributed by atoms with Crippen LogP contribution in [0.2, 0.25) is 0 Å². The summed E-state index contributed by atoms with van der Waals surface area (Å²) in [5.41, 5.74) is 18.4. The van der Waals surface area contributed by atoms with Gasteiger partial charge in [-0.3, -0.25) is 0 Å². The third-order valence-electron chi connectivity index (χ3n) is 16.2. The first kappa shape index (κ1) is 33.9. The lowest BCUT2D eigenvalue weighted by Crippen LogP contribution is -2.23. The van der Waals surface area contributed by atoms with Gasteiger partial charge in [0.2, 0.25) is 0 Å². The van der Waals surface area contributed by atoms with Gasteiger partial charge < -0.3 is 0 Å². The SMILES string of the molecule is CC1(C)c2ccc(C3=CCC4C(=C3)C3=C(C=CC(C5C=CC6=C(C5)C5=CC=CCC5C6(C)C)C3)C4(C)C)cc2-c2ccc3c4ccccc4c4ccccc4c3c21. The Morgan fingerprint density at radius 1 is 0.579 bits per heavy atom. The van der Waals surface area contributed by atoms with Crippen molar-refractivity contribution in [1.29, 1.82) is 0 Å². The van der Waals surface area contributed by atoms with E-state index in [1.165, 1.54) is 78.5 Å². The Hall–Kier alpha value is -5.20. The zero-order chi connectivity index (χ0) is 38.6. The van der Waals surface area contributed by atoms with Crippen molar-refractivity contribution in [1.82, 2.24) is 0 Å². The predicted molar refractivity (Wildman–Crippen MR) is 242 cm³/mol. The maximum absolute atomic E-state index is 2.61. The van der Waals surface area contributed by atoms with Crippen LogP contribution in [0, 0.1) is 34.5 Å². The van der Waals surface area contributed by atoms with Gasteiger partial charge in [-0.25, -0.2) is 0 Å². The van der Waals surface area contributed by atoms with E-state index in [0.29, 0.717) is 23.7 Å². The van der Waals surface area contributed by atoms with Gasteiger partial charge in [-0.2, -0.15) is 0 Å². The third kappa shape index (κ3) is 4.45. The molecule has 0 spiro atoms. The Bertz CT molecular complexity index is 2900. The quantitative estimate of drug-likeness (QED) is 0.158. The highest BCUT2D eigenvalue weighted by atomic mass is 14.5. The molecular formula is C57H52. The number of hydrogen-bond acceptors (Lipinski definition) is 0. The second-order valence-electron chi connectivity index (χ2n) is 20.0. The van der Waals surface area contributed by atoms with Crippen LogP contribution in [-0.4, -0.2) is 0 Å². The molecule has 0 aromatic heterocycles. The highest BCUT2D eigenvalue weighted by Gasteiger charge is 2.48. The molecule has 0 fully saturated rings. The summed E-state index contributed by atoms with van der Waals surface area (Å²) in [5, 5.41) is 8.18. The topological polar surface area (TPSA) is 0 Å². The summed E-state index contributed by atoms with van der Waals surface area (Å²) in [6.07, 6.45) is 27.1. The molecule has 12 rings (SSSR count). The van der Waals surface area contributed by atoms with Crippen molar-refractivity contribution in [2.45, 2.75) is 72.6 Å². The molecule has 7 aliphatic rings. The molecule has 0 saturated heterocycles. The summed E-state index contributed by atoms with van der Waals surface area (Å²) >= 11 is 0. The Kier molecular flexibility index (Phi) is 6.82. The van der Waals surface area contributed by atoms with E-state index in [0.717, 1.165) is 12.8 Å². The summed E-state index contributed by atoms with van der Waals surface area (Å²) in [4.78, 5) is 0. The molecule has 0 heterocycles. The lowest BCUT2D eigenvalue weighted by atomic mass is 9.71. The van der Waals surface area contributed by atoms with E-state index in [2.05, 4.69) is 175 Å². The molecular weight excluding hydrogens is 685 g/mol. The summed E-state index contributed by atoms with van der Waals surface area (Å²) in [6.45, 7) is 14.9. The Morgan fingerprint density at radius 2 is 1.18 bits per heavy atom. The molecule has 57 heavy (non-hydrogen) atoms. The van der Waals surface area contributed by atoms with E-state index < -0.39 is 0 Å². The fourth-order valence-corrected chi connectivity index (χ4v) is 13.2. The minimum absolute atomic E-state index is 0.110. The highest BCUT2D eigenvalue weighted by molar-refractivity contribution is 6.27. The molecule has 0 amide bonds. The van der Waals surface area contributed by atoms with Crippen molar-refractivity contribution < 1.29 is 0 Å². The first-order chi connectivity index (χ1) is 27.5. The Labute approximate surface area is 338 Å². The van der Waals surface area contributed by atoms with Crippen LogP contribution in [0.4, 0.5) is 0 Å². The largest absolute Gasteiger partial charge is 0.0839 e. The van der Waals surface area contributed by atoms with Crippen LogP contribution in [0.5, 0.6) is 0 Å². The van der Waals surface area contributed by atoms with Gasteiger partial charge in [0.05, 0.1) is 0 Å². The lowest BCUT2D eigenvalue weighted by molar-refractivity contribution is 0.336. The summed E-state index contributed by atoms with van der Waals surface area (Å²) in [5.74, 6) is 2.23. The van der Waals surface area contributed by atoms with Gasteiger partial charge >= 0.3 is 0 Å². The lowest BCUT2D eigenvalue weighted by Gasteiger charge is -2.32. The van der Waals surface area contributed by atoms with Gasteiger partial charge in [-0.15, -0.1) is 0 Å². The van der Waals surface area contributed by atoms with Gasteiger partial charge in [-0.05, 0) is 165 Å². The fraction of sp³-hybridized carbons (Fsp3) is 0.298. The normalized spacial score (nSPS) is 26.9. The molecule has 280 valence electrons. The van der Waals surface area contributed by atoms with Crippen LogP contribution < -0.4 is 0 Å². The van der Waals surface area contributed by atoms with Crippen LogP contribution >= 0.6 is 0 Å². The first-order valence-corrected chi connectivity index (χ1v) is 21.7. The van der Waals surface area contributed by atoms with Crippen molar-refractivity contribution in [2.24, 2.45) is 34.5 Å². The van der Waals surface area contributed by atoms with E-state index in [1.54, 1.807) is 33.4 Å². The highest BCUT2D eigenvalue weighted by Crippen LogP contribution is 2.61. The number of rotatable bonds is 2. The molecule has 0 aliphatic heterocycles. The number of fused-ring (bicyclic) bond motifs is 14. The minimum atomic E-state index is -0.110. The van der Waals surface area contributed by atoms with Crippen LogP contribution in [0.25, 0.3) is 49.0 Å². The van der Waals surface area contributed by atoms with Crippen LogP contribution in [0.3, 0.4) is 0 Å². The van der Waals surface area contributed by atoms with E-state index in [1.807, 2.05) is 0 Å². The number of benzene rings is 5. The van der Waals surface area contributed by atoms with Crippen molar-refractivity contribution >= 4 is 37.9 Å². The Balaban J connectivity index is 0.909. The zero-order valence-electron chi connectivity index (χ0n) is 34.3. The van der Waals surface area contributed by atoms with Gasteiger partial charge in [0, 0.05) is 5.41 Å². The maximum Gasteiger partial charge on any atom is 0.0165 e. The summed E-state index contributed by atoms with van der Waals surface area (Å²) in [6, 6.07) is 30.3. The molecule has 4 atom stereocenters. The van der Waals surface area contributed by atoms with E-state index >= 15 is 0 Å². The van der Waals surface area contributed by atoms with E-state index in [-0.39, 0.29) is 16.2 Å². The second kappa shape index (κ2) is 11.5. The molecule has 0 bridgehead atoms. The molecule has 0 saturated carbocycles. The molecule has 5 aromatic rings. The van der Waals surface area contributed by atoms with Crippen molar-refractivity contribution in [3.8, 4) is 11.1 Å². The van der Waals surface area contributed by atoms with Gasteiger partial charge in [-0.1, -0.05) is 169 Å². The van der Waals surface area contributed by atoms with Gasteiger partial charge in [0.25, 0.3) is 0 Å². The van der Waals surface area contributed by atoms with Crippen molar-refractivity contribution in [3.05, 3.63) is 184 Å². The molecule has 0 nitrogen and oxygen atoms in total. The molecule has 4 unspecified atom stereocenters. The zero-order valence-corrected chi connectivity index (χ0v) is 34.3. The molecule has 7 aliphatic carbocycles. The molecule has 5 aromatic carbocycles. The third-order valence-corrected chi connectivity index (χ3v) is 16.2. The molecule has 0 radical (unpaired) electrons. The molecule has 0 N–H and O–H groups in total. The van der Waals surface area contributed by atoms with Crippen molar-refractivity contribution in [2.75, 3.05) is 0 Å². The van der Waals surface area contributed by atoms with Crippen molar-refractivity contribution in [3.63, 3.8) is 0 Å². The van der Waals surface area contributed by atoms with Gasteiger partial charge in [0.15, 0.2) is 0 Å². The maximum atomic E-state index is 2.61. The second-order valence-corrected chi connectivity index (χ2v) is 20.0. The average Bonchev–Trinajstić information content (AvgIpc) is 3.72. The Morgan fingerprint density at radius 3 is 1.86 bits per heavy atom. The monoisotopic (exact) mass is 736 g/mol. The summed E-state index contributed by atoms with van der Waals surface area (Å²) in [7, 11) is 0. The molecule has 0 heteroatoms. The average molecular weight is 737 g/mol. The van der Waals surface area contributed by atoms with Crippen LogP contribution in [0.15, 0.2) is 167 Å². The first-order valence-electron chi connectivity index (χ1n) is 21.7. The van der Waals surface area contributed by atoms with Crippen LogP contribution in [-0.2, 0) is 5.41 Å². The van der Waals surface area contributed by atoms with E-state index in [9.17, 15) is 0 Å². The summed E-state index contributed by atoms with van der Waals surface area (Å²) < 4.78 is 0. The fourth-order valence-electron chi connectivity index (χ4n) is 13.2. The number of allylic oxidation sites excluding steroid dienone is 16. The van der Waals surface area contributed by atoms with E-state index in [4.69, 9.17) is 0 Å². The van der Waals surface area contributed by atoms with Gasteiger partial charge in [0.1, 0.15) is 0 Å². The minimum Gasteiger partial charge on any atom is -0.0839 e. The standard InChI is InChI=1S/C57H52/c1-55(2)48-18-12-11-16-40(48)44-29-33(19-25-49(44)55)35-20-26-50-46(31-35)47-32-36(21-27-51(47)56(50,3)4)34-22-28-52-45(30-34)43-24-23-42-39-15-8-7-13-37(39)38-14-9-10-17-41(38)53(42)54(43)57(52,5)6/h7-17,19-26,28,30,32-33,35,48,51H,18,27,29,31H2,1-6H3. The smallest absolute Gasteiger partial charge is 0.0165 e. The predicted octanol–water partition coefficient (Wildman–Crippen LogP) is 15.1.